The average molecular weight is 246 g/mol. The van der Waals surface area contributed by atoms with Gasteiger partial charge in [0.15, 0.2) is 0 Å². The molecular formula is C11H13ClFNO2. The zero-order valence-electron chi connectivity index (χ0n) is 8.84. The molecule has 1 rings (SSSR count). The summed E-state index contributed by atoms with van der Waals surface area (Å²) in [5.74, 6) is -1.23. The maximum Gasteiger partial charge on any atom is 0.303 e. The van der Waals surface area contributed by atoms with Crippen LogP contribution in [0.1, 0.15) is 19.8 Å². The molecule has 1 atom stereocenters. The highest BCUT2D eigenvalue weighted by atomic mass is 35.5. The van der Waals surface area contributed by atoms with Gasteiger partial charge < -0.3 is 10.4 Å². The van der Waals surface area contributed by atoms with Crippen molar-refractivity contribution in [3.63, 3.8) is 0 Å². The highest BCUT2D eigenvalue weighted by molar-refractivity contribution is 6.33. The Balaban J connectivity index is 2.55. The van der Waals surface area contributed by atoms with Crippen molar-refractivity contribution in [3.8, 4) is 0 Å². The van der Waals surface area contributed by atoms with Gasteiger partial charge in [-0.2, -0.15) is 0 Å². The van der Waals surface area contributed by atoms with Crippen LogP contribution in [0, 0.1) is 5.82 Å². The maximum atomic E-state index is 12.7. The number of rotatable bonds is 5. The third-order valence-electron chi connectivity index (χ3n) is 2.12. The Morgan fingerprint density at radius 2 is 2.31 bits per heavy atom. The van der Waals surface area contributed by atoms with Crippen molar-refractivity contribution in [2.24, 2.45) is 0 Å². The molecule has 0 aliphatic carbocycles. The quantitative estimate of drug-likeness (QED) is 0.838. The van der Waals surface area contributed by atoms with E-state index in [-0.39, 0.29) is 12.5 Å². The molecule has 16 heavy (non-hydrogen) atoms. The van der Waals surface area contributed by atoms with Gasteiger partial charge in [0, 0.05) is 12.5 Å². The first-order valence-corrected chi connectivity index (χ1v) is 5.30. The van der Waals surface area contributed by atoms with E-state index in [1.165, 1.54) is 18.2 Å². The topological polar surface area (TPSA) is 49.3 Å². The van der Waals surface area contributed by atoms with Gasteiger partial charge >= 0.3 is 5.97 Å². The molecular weight excluding hydrogens is 233 g/mol. The van der Waals surface area contributed by atoms with Crippen LogP contribution in [0.3, 0.4) is 0 Å². The zero-order chi connectivity index (χ0) is 12.1. The van der Waals surface area contributed by atoms with Gasteiger partial charge in [-0.1, -0.05) is 11.6 Å². The summed E-state index contributed by atoms with van der Waals surface area (Å²) < 4.78 is 12.7. The molecule has 0 bridgehead atoms. The van der Waals surface area contributed by atoms with Gasteiger partial charge in [-0.15, -0.1) is 0 Å². The van der Waals surface area contributed by atoms with Gasteiger partial charge in [-0.3, -0.25) is 4.79 Å². The van der Waals surface area contributed by atoms with E-state index in [1.54, 1.807) is 0 Å². The summed E-state index contributed by atoms with van der Waals surface area (Å²) in [5.41, 5.74) is 0.612. The molecule has 1 aromatic rings. The molecule has 2 N–H and O–H groups in total. The number of benzene rings is 1. The van der Waals surface area contributed by atoms with E-state index in [2.05, 4.69) is 5.32 Å². The lowest BCUT2D eigenvalue weighted by Gasteiger charge is -2.15. The zero-order valence-corrected chi connectivity index (χ0v) is 9.59. The fourth-order valence-corrected chi connectivity index (χ4v) is 1.51. The van der Waals surface area contributed by atoms with Crippen molar-refractivity contribution in [1.29, 1.82) is 0 Å². The van der Waals surface area contributed by atoms with E-state index in [0.29, 0.717) is 17.1 Å². The monoisotopic (exact) mass is 245 g/mol. The van der Waals surface area contributed by atoms with Crippen LogP contribution in [0.2, 0.25) is 5.02 Å². The highest BCUT2D eigenvalue weighted by Crippen LogP contribution is 2.23. The minimum absolute atomic E-state index is 0.0286. The first-order chi connectivity index (χ1) is 7.49. The van der Waals surface area contributed by atoms with E-state index in [1.807, 2.05) is 6.92 Å². The van der Waals surface area contributed by atoms with Crippen LogP contribution >= 0.6 is 11.6 Å². The summed E-state index contributed by atoms with van der Waals surface area (Å²) in [7, 11) is 0. The summed E-state index contributed by atoms with van der Waals surface area (Å²) in [6.07, 6.45) is 0.579. The Labute approximate surface area is 98.2 Å². The number of carboxylic acid groups (broad SMARTS) is 1. The molecule has 1 unspecified atom stereocenters. The molecule has 88 valence electrons. The van der Waals surface area contributed by atoms with Crippen LogP contribution in [-0.4, -0.2) is 17.1 Å². The summed E-state index contributed by atoms with van der Waals surface area (Å²) in [5, 5.41) is 11.8. The van der Waals surface area contributed by atoms with E-state index < -0.39 is 11.8 Å². The van der Waals surface area contributed by atoms with Crippen LogP contribution in [0.5, 0.6) is 0 Å². The number of hydrogen-bond acceptors (Lipinski definition) is 2. The minimum atomic E-state index is -0.834. The first kappa shape index (κ1) is 12.8. The molecule has 0 aromatic heterocycles. The second-order valence-electron chi connectivity index (χ2n) is 3.60. The maximum absolute atomic E-state index is 12.7. The largest absolute Gasteiger partial charge is 0.481 e. The fourth-order valence-electron chi connectivity index (χ4n) is 1.28. The Morgan fingerprint density at radius 1 is 1.62 bits per heavy atom. The van der Waals surface area contributed by atoms with Crippen molar-refractivity contribution in [1.82, 2.24) is 0 Å². The molecule has 0 amide bonds. The number of carboxylic acids is 1. The molecule has 1 aromatic carbocycles. The van der Waals surface area contributed by atoms with Crippen molar-refractivity contribution in [3.05, 3.63) is 29.0 Å². The molecule has 0 aliphatic rings. The van der Waals surface area contributed by atoms with E-state index >= 15 is 0 Å². The van der Waals surface area contributed by atoms with Crippen molar-refractivity contribution >= 4 is 23.3 Å². The SMILES string of the molecule is CC(CCC(=O)O)Nc1ccc(F)cc1Cl. The molecule has 0 spiro atoms. The van der Waals surface area contributed by atoms with Crippen LogP contribution in [0.15, 0.2) is 18.2 Å². The number of carbonyl (C=O) groups is 1. The van der Waals surface area contributed by atoms with Gasteiger partial charge in [0.25, 0.3) is 0 Å². The van der Waals surface area contributed by atoms with Crippen LogP contribution in [0.4, 0.5) is 10.1 Å². The summed E-state index contributed by atoms with van der Waals surface area (Å²) >= 11 is 5.82. The molecule has 0 fully saturated rings. The van der Waals surface area contributed by atoms with Crippen molar-refractivity contribution < 1.29 is 14.3 Å². The lowest BCUT2D eigenvalue weighted by atomic mass is 10.1. The van der Waals surface area contributed by atoms with Crippen molar-refractivity contribution in [2.75, 3.05) is 5.32 Å². The average Bonchev–Trinajstić information content (AvgIpc) is 2.19. The molecule has 0 saturated carbocycles. The van der Waals surface area contributed by atoms with Crippen LogP contribution in [-0.2, 0) is 4.79 Å². The number of aliphatic carboxylic acids is 1. The van der Waals surface area contributed by atoms with Crippen LogP contribution in [0.25, 0.3) is 0 Å². The first-order valence-electron chi connectivity index (χ1n) is 4.92. The third kappa shape index (κ3) is 4.06. The van der Waals surface area contributed by atoms with Gasteiger partial charge in [0.2, 0.25) is 0 Å². The third-order valence-corrected chi connectivity index (χ3v) is 2.44. The Kier molecular flexibility index (Phi) is 4.55. The predicted octanol–water partition coefficient (Wildman–Crippen LogP) is 3.14. The minimum Gasteiger partial charge on any atom is -0.481 e. The Bertz CT molecular complexity index is 384. The molecule has 5 heteroatoms. The van der Waals surface area contributed by atoms with E-state index in [4.69, 9.17) is 16.7 Å². The number of anilines is 1. The lowest BCUT2D eigenvalue weighted by Crippen LogP contribution is -2.16. The summed E-state index contributed by atoms with van der Waals surface area (Å²) in [4.78, 5) is 10.4. The second-order valence-corrected chi connectivity index (χ2v) is 4.01. The summed E-state index contributed by atoms with van der Waals surface area (Å²) in [6.45, 7) is 1.85. The lowest BCUT2D eigenvalue weighted by molar-refractivity contribution is -0.137. The van der Waals surface area contributed by atoms with E-state index in [0.717, 1.165) is 0 Å². The Hall–Kier alpha value is -1.29. The van der Waals surface area contributed by atoms with E-state index in [9.17, 15) is 9.18 Å². The standard InChI is InChI=1S/C11H13ClFNO2/c1-7(2-5-11(15)16)14-10-4-3-8(13)6-9(10)12/h3-4,6-7,14H,2,5H2,1H3,(H,15,16). The fraction of sp³-hybridized carbons (Fsp3) is 0.364. The summed E-state index contributed by atoms with van der Waals surface area (Å²) in [6, 6.07) is 4.03. The van der Waals surface area contributed by atoms with Gasteiger partial charge in [0.1, 0.15) is 5.82 Å². The Morgan fingerprint density at radius 3 is 2.88 bits per heavy atom. The molecule has 0 heterocycles. The number of nitrogens with one attached hydrogen (secondary N) is 1. The second kappa shape index (κ2) is 5.70. The van der Waals surface area contributed by atoms with Crippen LogP contribution < -0.4 is 5.32 Å². The number of halogens is 2. The predicted molar refractivity (Wildman–Crippen MR) is 61.4 cm³/mol. The molecule has 3 nitrogen and oxygen atoms in total. The molecule has 0 aliphatic heterocycles. The van der Waals surface area contributed by atoms with Gasteiger partial charge in [0.05, 0.1) is 10.7 Å². The van der Waals surface area contributed by atoms with Crippen molar-refractivity contribution in [2.45, 2.75) is 25.8 Å². The normalized spacial score (nSPS) is 12.2. The van der Waals surface area contributed by atoms with Gasteiger partial charge in [-0.25, -0.2) is 4.39 Å². The number of hydrogen-bond donors (Lipinski definition) is 2. The smallest absolute Gasteiger partial charge is 0.303 e. The molecule has 0 radical (unpaired) electrons. The molecule has 0 saturated heterocycles. The highest BCUT2D eigenvalue weighted by Gasteiger charge is 2.08. The van der Waals surface area contributed by atoms with Gasteiger partial charge in [-0.05, 0) is 31.5 Å².